The summed E-state index contributed by atoms with van der Waals surface area (Å²) in [5, 5.41) is 2.85. The van der Waals surface area contributed by atoms with Gasteiger partial charge in [-0.1, -0.05) is 6.07 Å². The molecule has 1 aromatic carbocycles. The second-order valence-electron chi connectivity index (χ2n) is 7.42. The Morgan fingerprint density at radius 2 is 1.82 bits per heavy atom. The van der Waals surface area contributed by atoms with Crippen LogP contribution in [0, 0.1) is 0 Å². The van der Waals surface area contributed by atoms with Gasteiger partial charge in [-0.15, -0.1) is 0 Å². The first kappa shape index (κ1) is 21.2. The van der Waals surface area contributed by atoms with E-state index in [9.17, 15) is 13.2 Å². The Balaban J connectivity index is 1.69. The van der Waals surface area contributed by atoms with Crippen molar-refractivity contribution in [2.75, 3.05) is 44.7 Å². The van der Waals surface area contributed by atoms with Crippen LogP contribution in [0.2, 0.25) is 0 Å². The lowest BCUT2D eigenvalue weighted by atomic mass is 10.1. The van der Waals surface area contributed by atoms with E-state index in [-0.39, 0.29) is 29.1 Å². The van der Waals surface area contributed by atoms with Crippen molar-refractivity contribution in [1.82, 2.24) is 9.21 Å². The van der Waals surface area contributed by atoms with Crippen LogP contribution in [-0.2, 0) is 24.3 Å². The van der Waals surface area contributed by atoms with Crippen LogP contribution in [0.3, 0.4) is 0 Å². The molecule has 2 fully saturated rings. The third-order valence-corrected chi connectivity index (χ3v) is 6.98. The van der Waals surface area contributed by atoms with E-state index in [4.69, 9.17) is 9.47 Å². The number of nitrogens with one attached hydrogen (secondary N) is 1. The monoisotopic (exact) mass is 411 g/mol. The smallest absolute Gasteiger partial charge is 0.243 e. The van der Waals surface area contributed by atoms with Gasteiger partial charge in [0.05, 0.1) is 36.4 Å². The standard InChI is InChI=1S/C19H29N3O5S/c1-14-12-21(13-15(2)27-14)16(3)19(23)20-17-5-4-6-18(11-17)28(24,25)22-7-9-26-10-8-22/h4-6,11,14-16H,7-10,12-13H2,1-3H3,(H,20,23)/t14-,15+,16-/m0/s1. The molecule has 3 atom stereocenters. The molecule has 0 spiro atoms. The van der Waals surface area contributed by atoms with Gasteiger partial charge in [0.25, 0.3) is 0 Å². The number of benzene rings is 1. The molecule has 28 heavy (non-hydrogen) atoms. The predicted octanol–water partition coefficient (Wildman–Crippen LogP) is 1.14. The molecule has 9 heteroatoms. The fraction of sp³-hybridized carbons (Fsp3) is 0.632. The van der Waals surface area contributed by atoms with Gasteiger partial charge in [0.2, 0.25) is 15.9 Å². The molecule has 8 nitrogen and oxygen atoms in total. The average Bonchev–Trinajstić information content (AvgIpc) is 2.67. The van der Waals surface area contributed by atoms with Gasteiger partial charge < -0.3 is 14.8 Å². The lowest BCUT2D eigenvalue weighted by Gasteiger charge is -2.38. The Kier molecular flexibility index (Phi) is 6.72. The zero-order valence-electron chi connectivity index (χ0n) is 16.6. The summed E-state index contributed by atoms with van der Waals surface area (Å²) in [6.45, 7) is 8.67. The molecule has 0 radical (unpaired) electrons. The van der Waals surface area contributed by atoms with Crippen molar-refractivity contribution in [2.45, 2.75) is 43.9 Å². The zero-order valence-corrected chi connectivity index (χ0v) is 17.4. The van der Waals surface area contributed by atoms with Gasteiger partial charge in [0, 0.05) is 31.9 Å². The molecule has 0 aromatic heterocycles. The second-order valence-corrected chi connectivity index (χ2v) is 9.36. The molecule has 0 unspecified atom stereocenters. The molecule has 156 valence electrons. The SMILES string of the molecule is C[C@@H]1CN([C@@H](C)C(=O)Nc2cccc(S(=O)(=O)N3CCOCC3)c2)C[C@H](C)O1. The van der Waals surface area contributed by atoms with E-state index in [0.29, 0.717) is 45.1 Å². The van der Waals surface area contributed by atoms with E-state index >= 15 is 0 Å². The van der Waals surface area contributed by atoms with Gasteiger partial charge in [-0.05, 0) is 39.0 Å². The third kappa shape index (κ3) is 4.90. The minimum Gasteiger partial charge on any atom is -0.379 e. The van der Waals surface area contributed by atoms with E-state index in [1.807, 2.05) is 20.8 Å². The summed E-state index contributed by atoms with van der Waals surface area (Å²) >= 11 is 0. The molecule has 1 N–H and O–H groups in total. The van der Waals surface area contributed by atoms with Crippen molar-refractivity contribution < 1.29 is 22.7 Å². The minimum absolute atomic E-state index is 0.0704. The van der Waals surface area contributed by atoms with E-state index in [1.54, 1.807) is 18.2 Å². The molecule has 0 saturated carbocycles. The number of nitrogens with zero attached hydrogens (tertiary/aromatic N) is 2. The Hall–Kier alpha value is -1.52. The van der Waals surface area contributed by atoms with Crippen molar-refractivity contribution in [1.29, 1.82) is 0 Å². The first-order chi connectivity index (χ1) is 13.3. The topological polar surface area (TPSA) is 88.2 Å². The minimum atomic E-state index is -3.60. The normalized spacial score (nSPS) is 26.0. The Bertz CT molecular complexity index is 785. The maximum atomic E-state index is 12.8. The summed E-state index contributed by atoms with van der Waals surface area (Å²) in [7, 11) is -3.60. The number of amides is 1. The van der Waals surface area contributed by atoms with Gasteiger partial charge >= 0.3 is 0 Å². The largest absolute Gasteiger partial charge is 0.379 e. The maximum Gasteiger partial charge on any atom is 0.243 e. The van der Waals surface area contributed by atoms with Gasteiger partial charge in [0.15, 0.2) is 0 Å². The van der Waals surface area contributed by atoms with Crippen LogP contribution >= 0.6 is 0 Å². The van der Waals surface area contributed by atoms with Crippen LogP contribution in [0.15, 0.2) is 29.2 Å². The number of carbonyl (C=O) groups is 1. The number of carbonyl (C=O) groups excluding carboxylic acids is 1. The van der Waals surface area contributed by atoms with E-state index in [2.05, 4.69) is 10.2 Å². The summed E-state index contributed by atoms with van der Waals surface area (Å²) in [4.78, 5) is 15.0. The van der Waals surface area contributed by atoms with E-state index in [0.717, 1.165) is 0 Å². The second kappa shape index (κ2) is 8.87. The molecule has 0 bridgehead atoms. The summed E-state index contributed by atoms with van der Waals surface area (Å²) in [6, 6.07) is 6.07. The highest BCUT2D eigenvalue weighted by Crippen LogP contribution is 2.21. The summed E-state index contributed by atoms with van der Waals surface area (Å²) in [5.41, 5.74) is 0.473. The van der Waals surface area contributed by atoms with Gasteiger partial charge in [-0.25, -0.2) is 8.42 Å². The fourth-order valence-corrected chi connectivity index (χ4v) is 5.07. The average molecular weight is 412 g/mol. The molecule has 3 rings (SSSR count). The molecule has 2 aliphatic heterocycles. The lowest BCUT2D eigenvalue weighted by molar-refractivity contribution is -0.126. The summed E-state index contributed by atoms with van der Waals surface area (Å²) < 4.78 is 38.0. The molecule has 1 amide bonds. The molecular formula is C19H29N3O5S. The molecule has 2 heterocycles. The van der Waals surface area contributed by atoms with Crippen molar-refractivity contribution >= 4 is 21.6 Å². The molecule has 0 aliphatic carbocycles. The van der Waals surface area contributed by atoms with Crippen molar-refractivity contribution in [3.63, 3.8) is 0 Å². The zero-order chi connectivity index (χ0) is 20.3. The van der Waals surface area contributed by atoms with E-state index < -0.39 is 10.0 Å². The highest BCUT2D eigenvalue weighted by molar-refractivity contribution is 7.89. The van der Waals surface area contributed by atoms with Crippen LogP contribution in [0.25, 0.3) is 0 Å². The first-order valence-corrected chi connectivity index (χ1v) is 11.1. The summed E-state index contributed by atoms with van der Waals surface area (Å²) in [6.07, 6.45) is 0.141. The van der Waals surface area contributed by atoms with Crippen LogP contribution in [0.4, 0.5) is 5.69 Å². The van der Waals surface area contributed by atoms with Crippen LogP contribution < -0.4 is 5.32 Å². The highest BCUT2D eigenvalue weighted by atomic mass is 32.2. The number of hydrogen-bond acceptors (Lipinski definition) is 6. The first-order valence-electron chi connectivity index (χ1n) is 9.65. The fourth-order valence-electron chi connectivity index (χ4n) is 3.62. The number of hydrogen-bond donors (Lipinski definition) is 1. The number of sulfonamides is 1. The maximum absolute atomic E-state index is 12.8. The quantitative estimate of drug-likeness (QED) is 0.782. The van der Waals surface area contributed by atoms with Gasteiger partial charge in [-0.2, -0.15) is 4.31 Å². The predicted molar refractivity (Wildman–Crippen MR) is 106 cm³/mol. The Morgan fingerprint density at radius 3 is 2.46 bits per heavy atom. The van der Waals surface area contributed by atoms with Gasteiger partial charge in [-0.3, -0.25) is 9.69 Å². The van der Waals surface area contributed by atoms with Crippen LogP contribution in [0.5, 0.6) is 0 Å². The van der Waals surface area contributed by atoms with Crippen LogP contribution in [0.1, 0.15) is 20.8 Å². The number of ether oxygens (including phenoxy) is 2. The Labute approximate surface area is 166 Å². The lowest BCUT2D eigenvalue weighted by Crippen LogP contribution is -2.52. The number of morpholine rings is 2. The van der Waals surface area contributed by atoms with Gasteiger partial charge in [0.1, 0.15) is 0 Å². The number of rotatable bonds is 5. The number of anilines is 1. The molecule has 2 saturated heterocycles. The van der Waals surface area contributed by atoms with Crippen molar-refractivity contribution in [3.05, 3.63) is 24.3 Å². The molecule has 1 aromatic rings. The molecular weight excluding hydrogens is 382 g/mol. The molecule has 2 aliphatic rings. The Morgan fingerprint density at radius 1 is 1.18 bits per heavy atom. The van der Waals surface area contributed by atoms with Crippen LogP contribution in [-0.4, -0.2) is 81.2 Å². The summed E-state index contributed by atoms with van der Waals surface area (Å²) in [5.74, 6) is -0.165. The third-order valence-electron chi connectivity index (χ3n) is 5.08. The highest BCUT2D eigenvalue weighted by Gasteiger charge is 2.30. The van der Waals surface area contributed by atoms with E-state index in [1.165, 1.54) is 10.4 Å². The van der Waals surface area contributed by atoms with Crippen molar-refractivity contribution in [3.8, 4) is 0 Å². The van der Waals surface area contributed by atoms with Crippen molar-refractivity contribution in [2.24, 2.45) is 0 Å².